The van der Waals surface area contributed by atoms with E-state index in [1.54, 1.807) is 60.7 Å². The maximum absolute atomic E-state index is 13.3. The van der Waals surface area contributed by atoms with Gasteiger partial charge in [-0.3, -0.25) is 9.59 Å². The Hall–Kier alpha value is -3.51. The third kappa shape index (κ3) is 3.57. The Labute approximate surface area is 173 Å². The highest BCUT2D eigenvalue weighted by molar-refractivity contribution is 7.90. The smallest absolute Gasteiger partial charge is 0.201 e. The van der Waals surface area contributed by atoms with Crippen molar-refractivity contribution in [2.24, 2.45) is 0 Å². The molecule has 0 atom stereocenters. The van der Waals surface area contributed by atoms with Crippen molar-refractivity contribution in [1.82, 2.24) is 0 Å². The van der Waals surface area contributed by atoms with E-state index in [9.17, 15) is 18.0 Å². The number of sulfone groups is 1. The predicted molar refractivity (Wildman–Crippen MR) is 116 cm³/mol. The summed E-state index contributed by atoms with van der Waals surface area (Å²) in [5.74, 6) is 0.276. The van der Waals surface area contributed by atoms with Crippen LogP contribution in [0.25, 0.3) is 33.4 Å². The topological polar surface area (TPSA) is 81.4 Å². The van der Waals surface area contributed by atoms with Crippen LogP contribution in [0.1, 0.15) is 17.3 Å². The molecule has 6 heteroatoms. The Balaban J connectivity index is 1.99. The fourth-order valence-corrected chi connectivity index (χ4v) is 3.96. The van der Waals surface area contributed by atoms with Crippen LogP contribution in [-0.2, 0) is 9.84 Å². The van der Waals surface area contributed by atoms with Gasteiger partial charge in [-0.2, -0.15) is 0 Å². The maximum Gasteiger partial charge on any atom is 0.201 e. The minimum absolute atomic E-state index is 0.0660. The quantitative estimate of drug-likeness (QED) is 0.448. The Kier molecular flexibility index (Phi) is 4.87. The number of hydrogen-bond donors (Lipinski definition) is 0. The highest BCUT2D eigenvalue weighted by Gasteiger charge is 2.18. The number of carbonyl (C=O) groups is 1. The number of para-hydroxylation sites is 1. The molecule has 0 N–H and O–H groups in total. The Morgan fingerprint density at radius 3 is 2.03 bits per heavy atom. The van der Waals surface area contributed by atoms with Crippen LogP contribution < -0.4 is 5.43 Å². The van der Waals surface area contributed by atoms with E-state index >= 15 is 0 Å². The van der Waals surface area contributed by atoms with Gasteiger partial charge in [-0.1, -0.05) is 36.4 Å². The molecule has 3 aromatic carbocycles. The fraction of sp³-hybridized carbons (Fsp3) is 0.0833. The summed E-state index contributed by atoms with van der Waals surface area (Å²) < 4.78 is 29.7. The maximum atomic E-state index is 13.3. The average Bonchev–Trinajstić information content (AvgIpc) is 2.73. The average molecular weight is 418 g/mol. The summed E-state index contributed by atoms with van der Waals surface area (Å²) in [7, 11) is -3.34. The molecule has 0 bridgehead atoms. The second-order valence-electron chi connectivity index (χ2n) is 7.06. The molecule has 0 aliphatic carbocycles. The van der Waals surface area contributed by atoms with Crippen LogP contribution in [0, 0.1) is 0 Å². The summed E-state index contributed by atoms with van der Waals surface area (Å²) in [5.41, 5.74) is 2.33. The second kappa shape index (κ2) is 7.39. The molecule has 0 saturated carbocycles. The molecule has 0 fully saturated rings. The van der Waals surface area contributed by atoms with E-state index in [0.717, 1.165) is 6.26 Å². The van der Waals surface area contributed by atoms with E-state index in [1.165, 1.54) is 19.1 Å². The Morgan fingerprint density at radius 2 is 1.43 bits per heavy atom. The van der Waals surface area contributed by atoms with E-state index in [1.807, 2.05) is 0 Å². The number of rotatable bonds is 4. The van der Waals surface area contributed by atoms with Crippen LogP contribution in [0.15, 0.2) is 86.9 Å². The molecule has 0 amide bonds. The van der Waals surface area contributed by atoms with Crippen molar-refractivity contribution in [1.29, 1.82) is 0 Å². The van der Waals surface area contributed by atoms with Gasteiger partial charge in [0.2, 0.25) is 5.43 Å². The third-order valence-electron chi connectivity index (χ3n) is 4.92. The van der Waals surface area contributed by atoms with Crippen molar-refractivity contribution in [2.45, 2.75) is 11.8 Å². The van der Waals surface area contributed by atoms with Crippen molar-refractivity contribution < 1.29 is 17.6 Å². The number of hydrogen-bond acceptors (Lipinski definition) is 5. The first kappa shape index (κ1) is 19.8. The van der Waals surface area contributed by atoms with Gasteiger partial charge in [0.15, 0.2) is 15.6 Å². The zero-order valence-electron chi connectivity index (χ0n) is 16.4. The number of benzene rings is 3. The lowest BCUT2D eigenvalue weighted by Crippen LogP contribution is -2.07. The third-order valence-corrected chi connectivity index (χ3v) is 6.05. The van der Waals surface area contributed by atoms with Crippen LogP contribution in [0.2, 0.25) is 0 Å². The predicted octanol–water partition coefficient (Wildman–Crippen LogP) is 4.73. The summed E-state index contributed by atoms with van der Waals surface area (Å²) in [4.78, 5) is 25.1. The number of Topliss-reactive ketones (excluding diaryl/α,β-unsaturated/α-hetero) is 1. The van der Waals surface area contributed by atoms with Gasteiger partial charge in [0.25, 0.3) is 0 Å². The van der Waals surface area contributed by atoms with Gasteiger partial charge in [-0.25, -0.2) is 8.42 Å². The van der Waals surface area contributed by atoms with Gasteiger partial charge in [-0.05, 0) is 48.9 Å². The molecule has 0 radical (unpaired) electrons. The van der Waals surface area contributed by atoms with Gasteiger partial charge in [-0.15, -0.1) is 0 Å². The van der Waals surface area contributed by atoms with E-state index in [4.69, 9.17) is 4.42 Å². The molecule has 0 spiro atoms. The van der Waals surface area contributed by atoms with Gasteiger partial charge < -0.3 is 4.42 Å². The van der Waals surface area contributed by atoms with Crippen molar-refractivity contribution >= 4 is 26.6 Å². The molecule has 1 heterocycles. The van der Waals surface area contributed by atoms with Crippen LogP contribution in [0.5, 0.6) is 0 Å². The number of carbonyl (C=O) groups excluding carboxylic acids is 1. The number of fused-ring (bicyclic) bond motifs is 1. The minimum atomic E-state index is -3.34. The minimum Gasteiger partial charge on any atom is -0.455 e. The molecule has 0 aliphatic rings. The fourth-order valence-electron chi connectivity index (χ4n) is 3.33. The molecule has 0 saturated heterocycles. The van der Waals surface area contributed by atoms with Gasteiger partial charge in [0.1, 0.15) is 11.3 Å². The standard InChI is InChI=1S/C24H18O5S/c1-15(25)16-7-9-17(10-8-16)22-23(26)20-5-3-4-6-21(20)29-24(22)18-11-13-19(14-12-18)30(2,27)28/h3-14H,1-2H3. The van der Waals surface area contributed by atoms with Crippen molar-refractivity contribution in [3.05, 3.63) is 88.6 Å². The van der Waals surface area contributed by atoms with Crippen LogP contribution >= 0.6 is 0 Å². The lowest BCUT2D eigenvalue weighted by molar-refractivity contribution is 0.101. The van der Waals surface area contributed by atoms with E-state index in [0.29, 0.717) is 39.0 Å². The first-order valence-corrected chi connectivity index (χ1v) is 11.1. The van der Waals surface area contributed by atoms with Crippen LogP contribution in [-0.4, -0.2) is 20.5 Å². The summed E-state index contributed by atoms with van der Waals surface area (Å²) in [6, 6.07) is 20.0. The van der Waals surface area contributed by atoms with Crippen molar-refractivity contribution in [2.75, 3.05) is 6.26 Å². The normalized spacial score (nSPS) is 11.5. The van der Waals surface area contributed by atoms with E-state index in [-0.39, 0.29) is 16.1 Å². The lowest BCUT2D eigenvalue weighted by atomic mass is 9.97. The molecule has 4 aromatic rings. The zero-order valence-corrected chi connectivity index (χ0v) is 17.2. The van der Waals surface area contributed by atoms with Crippen molar-refractivity contribution in [3.8, 4) is 22.5 Å². The molecule has 150 valence electrons. The Bertz CT molecular complexity index is 1430. The lowest BCUT2D eigenvalue weighted by Gasteiger charge is -2.11. The molecular formula is C24H18O5S. The van der Waals surface area contributed by atoms with Gasteiger partial charge in [0, 0.05) is 17.4 Å². The second-order valence-corrected chi connectivity index (χ2v) is 9.08. The van der Waals surface area contributed by atoms with Gasteiger partial charge >= 0.3 is 0 Å². The molecule has 4 rings (SSSR count). The molecule has 0 aliphatic heterocycles. The van der Waals surface area contributed by atoms with Crippen LogP contribution in [0.3, 0.4) is 0 Å². The molecular weight excluding hydrogens is 400 g/mol. The molecule has 0 unspecified atom stereocenters. The SMILES string of the molecule is CC(=O)c1ccc(-c2c(-c3ccc(S(C)(=O)=O)cc3)oc3ccccc3c2=O)cc1. The first-order chi connectivity index (χ1) is 14.3. The molecule has 1 aromatic heterocycles. The Morgan fingerprint density at radius 1 is 0.833 bits per heavy atom. The summed E-state index contributed by atoms with van der Waals surface area (Å²) in [6.07, 6.45) is 1.14. The molecule has 5 nitrogen and oxygen atoms in total. The van der Waals surface area contributed by atoms with E-state index < -0.39 is 9.84 Å². The first-order valence-electron chi connectivity index (χ1n) is 9.23. The van der Waals surface area contributed by atoms with Crippen molar-refractivity contribution in [3.63, 3.8) is 0 Å². The summed E-state index contributed by atoms with van der Waals surface area (Å²) >= 11 is 0. The highest BCUT2D eigenvalue weighted by Crippen LogP contribution is 2.33. The van der Waals surface area contributed by atoms with Gasteiger partial charge in [0.05, 0.1) is 15.8 Å². The largest absolute Gasteiger partial charge is 0.455 e. The monoisotopic (exact) mass is 418 g/mol. The summed E-state index contributed by atoms with van der Waals surface area (Å²) in [6.45, 7) is 1.48. The number of ketones is 1. The van der Waals surface area contributed by atoms with E-state index in [2.05, 4.69) is 0 Å². The highest BCUT2D eigenvalue weighted by atomic mass is 32.2. The molecule has 30 heavy (non-hydrogen) atoms. The zero-order chi connectivity index (χ0) is 21.5. The summed E-state index contributed by atoms with van der Waals surface area (Å²) in [5, 5.41) is 0.444. The van der Waals surface area contributed by atoms with Crippen LogP contribution in [0.4, 0.5) is 0 Å².